The van der Waals surface area contributed by atoms with E-state index in [9.17, 15) is 4.79 Å². The molecular formula is C30H37N7O2. The molecule has 1 amide bonds. The maximum atomic E-state index is 13.6. The van der Waals surface area contributed by atoms with E-state index in [1.165, 1.54) is 11.3 Å². The van der Waals surface area contributed by atoms with Gasteiger partial charge in [-0.2, -0.15) is 10.1 Å². The Morgan fingerprint density at radius 3 is 2.69 bits per heavy atom. The number of nitrogens with zero attached hydrogens (tertiary/aromatic N) is 7. The number of pyridine rings is 1. The molecular weight excluding hydrogens is 490 g/mol. The highest BCUT2D eigenvalue weighted by atomic mass is 16.5. The van der Waals surface area contributed by atoms with Gasteiger partial charge in [0.2, 0.25) is 5.88 Å². The number of hydrogen-bond donors (Lipinski definition) is 0. The summed E-state index contributed by atoms with van der Waals surface area (Å²) in [5, 5.41) is 4.40. The van der Waals surface area contributed by atoms with Crippen molar-refractivity contribution in [1.29, 1.82) is 0 Å². The van der Waals surface area contributed by atoms with Crippen molar-refractivity contribution in [2.24, 2.45) is 18.0 Å². The molecule has 3 aliphatic rings. The largest absolute Gasteiger partial charge is 0.477 e. The summed E-state index contributed by atoms with van der Waals surface area (Å²) in [6.07, 6.45) is 4.34. The number of anilines is 2. The van der Waals surface area contributed by atoms with Crippen molar-refractivity contribution in [3.63, 3.8) is 0 Å². The smallest absolute Gasteiger partial charge is 0.278 e. The Morgan fingerprint density at radius 1 is 1.05 bits per heavy atom. The minimum atomic E-state index is -0.247. The van der Waals surface area contributed by atoms with Gasteiger partial charge in [-0.1, -0.05) is 6.92 Å². The molecule has 1 fully saturated rings. The van der Waals surface area contributed by atoms with Gasteiger partial charge in [0.1, 0.15) is 5.84 Å². The first kappa shape index (κ1) is 25.6. The summed E-state index contributed by atoms with van der Waals surface area (Å²) in [7, 11) is 4.04. The maximum absolute atomic E-state index is 13.6. The highest BCUT2D eigenvalue weighted by Crippen LogP contribution is 2.35. The van der Waals surface area contributed by atoms with Crippen molar-refractivity contribution in [1.82, 2.24) is 19.7 Å². The molecule has 0 radical (unpaired) electrons. The summed E-state index contributed by atoms with van der Waals surface area (Å²) in [5.74, 6) is 1.65. The van der Waals surface area contributed by atoms with E-state index in [1.54, 1.807) is 10.9 Å². The zero-order chi connectivity index (χ0) is 27.1. The Hall–Kier alpha value is -3.72. The average molecular weight is 528 g/mol. The number of fused-ring (bicyclic) bond motifs is 7. The molecule has 39 heavy (non-hydrogen) atoms. The number of benzene rings is 1. The predicted octanol–water partition coefficient (Wildman–Crippen LogP) is 3.95. The molecule has 5 heterocycles. The normalized spacial score (nSPS) is 20.4. The molecule has 3 aromatic rings. The quantitative estimate of drug-likeness (QED) is 0.474. The van der Waals surface area contributed by atoms with Gasteiger partial charge in [0, 0.05) is 68.8 Å². The fraction of sp³-hybridized carbons (Fsp3) is 0.467. The third kappa shape index (κ3) is 5.15. The van der Waals surface area contributed by atoms with Crippen molar-refractivity contribution in [3.05, 3.63) is 53.3 Å². The molecule has 2 bridgehead atoms. The molecule has 0 saturated carbocycles. The van der Waals surface area contributed by atoms with Gasteiger partial charge in [0.25, 0.3) is 5.91 Å². The van der Waals surface area contributed by atoms with E-state index in [0.717, 1.165) is 68.3 Å². The summed E-state index contributed by atoms with van der Waals surface area (Å²) < 4.78 is 7.92. The summed E-state index contributed by atoms with van der Waals surface area (Å²) in [5.41, 5.74) is 6.40. The number of rotatable bonds is 1. The van der Waals surface area contributed by atoms with Crippen molar-refractivity contribution >= 4 is 23.1 Å². The van der Waals surface area contributed by atoms with Crippen molar-refractivity contribution < 1.29 is 9.53 Å². The van der Waals surface area contributed by atoms with E-state index < -0.39 is 0 Å². The summed E-state index contributed by atoms with van der Waals surface area (Å²) in [6.45, 7) is 9.77. The van der Waals surface area contributed by atoms with Gasteiger partial charge in [-0.3, -0.25) is 9.78 Å². The average Bonchev–Trinajstić information content (AvgIpc) is 3.45. The number of aryl methyl sites for hydroxylation is 2. The first-order valence-corrected chi connectivity index (χ1v) is 14.0. The first-order chi connectivity index (χ1) is 18.9. The zero-order valence-electron chi connectivity index (χ0n) is 23.4. The van der Waals surface area contributed by atoms with Gasteiger partial charge in [-0.05, 0) is 68.6 Å². The fourth-order valence-corrected chi connectivity index (χ4v) is 5.84. The fourth-order valence-electron chi connectivity index (χ4n) is 5.84. The standard InChI is InChI=1S/C30H37N7O2/c1-20-6-5-13-39-30-25(18-31-35(30)4)26-16-23(14-21(2)32-26)29(38)33-28-17-22-15-24(7-8-27(22)37(28)19-20)36-11-9-34(3)10-12-36/h7-8,14-16,18,20H,5-6,9-13,17,19H2,1-4H3/t20-/m1/s1. The van der Waals surface area contributed by atoms with Gasteiger partial charge in [0.15, 0.2) is 0 Å². The molecule has 0 N–H and O–H groups in total. The summed E-state index contributed by atoms with van der Waals surface area (Å²) in [6, 6.07) is 10.4. The topological polar surface area (TPSA) is 79.1 Å². The highest BCUT2D eigenvalue weighted by molar-refractivity contribution is 6.12. The Labute approximate surface area is 230 Å². The number of likely N-dealkylation sites (N-methyl/N-ethyl adjacent to an activating group) is 1. The Morgan fingerprint density at radius 2 is 1.87 bits per heavy atom. The number of aromatic nitrogens is 3. The van der Waals surface area contributed by atoms with Crippen LogP contribution in [0.3, 0.4) is 0 Å². The maximum Gasteiger partial charge on any atom is 0.278 e. The molecule has 3 aliphatic heterocycles. The third-order valence-corrected chi connectivity index (χ3v) is 8.05. The molecule has 204 valence electrons. The van der Waals surface area contributed by atoms with Crippen LogP contribution in [-0.2, 0) is 13.5 Å². The number of amides is 1. The molecule has 9 heteroatoms. The summed E-state index contributed by atoms with van der Waals surface area (Å²) >= 11 is 0. The molecule has 1 atom stereocenters. The number of carbonyl (C=O) groups excluding carboxylic acids is 1. The van der Waals surface area contributed by atoms with E-state index in [1.807, 2.05) is 26.1 Å². The van der Waals surface area contributed by atoms with Crippen LogP contribution in [0.15, 0.2) is 41.5 Å². The molecule has 9 nitrogen and oxygen atoms in total. The lowest BCUT2D eigenvalue weighted by atomic mass is 10.1. The Kier molecular flexibility index (Phi) is 6.85. The number of carbonyl (C=O) groups is 1. The van der Waals surface area contributed by atoms with Crippen molar-refractivity contribution in [2.45, 2.75) is 33.1 Å². The highest BCUT2D eigenvalue weighted by Gasteiger charge is 2.29. The molecule has 1 saturated heterocycles. The minimum Gasteiger partial charge on any atom is -0.477 e. The minimum absolute atomic E-state index is 0.247. The van der Waals surface area contributed by atoms with Gasteiger partial charge in [-0.15, -0.1) is 0 Å². The van der Waals surface area contributed by atoms with Crippen LogP contribution in [0, 0.1) is 12.8 Å². The lowest BCUT2D eigenvalue weighted by Gasteiger charge is -2.34. The zero-order valence-corrected chi connectivity index (χ0v) is 23.4. The molecule has 0 spiro atoms. The number of piperazine rings is 1. The van der Waals surface area contributed by atoms with Crippen LogP contribution >= 0.6 is 0 Å². The van der Waals surface area contributed by atoms with E-state index in [4.69, 9.17) is 14.7 Å². The number of hydrogen-bond acceptors (Lipinski definition) is 7. The van der Waals surface area contributed by atoms with Crippen molar-refractivity contribution in [2.75, 3.05) is 56.2 Å². The van der Waals surface area contributed by atoms with Gasteiger partial charge >= 0.3 is 0 Å². The molecule has 0 unspecified atom stereocenters. The van der Waals surface area contributed by atoms with Crippen LogP contribution in [0.2, 0.25) is 0 Å². The summed E-state index contributed by atoms with van der Waals surface area (Å²) in [4.78, 5) is 30.1. The van der Waals surface area contributed by atoms with Gasteiger partial charge < -0.3 is 19.4 Å². The Balaban J connectivity index is 1.37. The van der Waals surface area contributed by atoms with Crippen molar-refractivity contribution in [3.8, 4) is 17.1 Å². The molecule has 0 aliphatic carbocycles. The van der Waals surface area contributed by atoms with E-state index in [0.29, 0.717) is 36.1 Å². The van der Waals surface area contributed by atoms with E-state index >= 15 is 0 Å². The van der Waals surface area contributed by atoms with E-state index in [-0.39, 0.29) is 5.91 Å². The number of aliphatic imine (C=N–C) groups is 1. The predicted molar refractivity (Wildman–Crippen MR) is 154 cm³/mol. The second-order valence-electron chi connectivity index (χ2n) is 11.2. The third-order valence-electron chi connectivity index (χ3n) is 8.05. The monoisotopic (exact) mass is 527 g/mol. The second kappa shape index (κ2) is 10.4. The van der Waals surface area contributed by atoms with Gasteiger partial charge in [-0.25, -0.2) is 4.68 Å². The Bertz CT molecular complexity index is 1420. The molecule has 2 aromatic heterocycles. The second-order valence-corrected chi connectivity index (χ2v) is 11.2. The van der Waals surface area contributed by atoms with Crippen LogP contribution in [0.1, 0.15) is 41.4 Å². The first-order valence-electron chi connectivity index (χ1n) is 14.0. The van der Waals surface area contributed by atoms with Crippen LogP contribution in [0.25, 0.3) is 11.3 Å². The van der Waals surface area contributed by atoms with Crippen LogP contribution < -0.4 is 14.5 Å². The number of amidine groups is 1. The van der Waals surface area contributed by atoms with Crippen LogP contribution in [-0.4, -0.2) is 77.8 Å². The van der Waals surface area contributed by atoms with Gasteiger partial charge in [0.05, 0.1) is 24.1 Å². The van der Waals surface area contributed by atoms with Crippen LogP contribution in [0.5, 0.6) is 5.88 Å². The SMILES string of the molecule is Cc1cc2cc(n1)-c1cnn(C)c1OCCC[C@@H](C)CN1C(=NC2=O)Cc2cc(N3CCN(C)CC3)ccc21. The molecule has 6 rings (SSSR count). The van der Waals surface area contributed by atoms with Crippen LogP contribution in [0.4, 0.5) is 11.4 Å². The molecule has 1 aromatic carbocycles. The number of ether oxygens (including phenoxy) is 1. The lowest BCUT2D eigenvalue weighted by Crippen LogP contribution is -2.44. The lowest BCUT2D eigenvalue weighted by molar-refractivity contribution is 0.100. The van der Waals surface area contributed by atoms with E-state index in [2.05, 4.69) is 52.0 Å².